The Morgan fingerprint density at radius 2 is 1.91 bits per heavy atom. The quantitative estimate of drug-likeness (QED) is 0.769. The number of hydrogen-bond acceptors (Lipinski definition) is 4. The number of hydrogen-bond donors (Lipinski definition) is 2. The summed E-state index contributed by atoms with van der Waals surface area (Å²) in [7, 11) is 0. The van der Waals surface area contributed by atoms with Crippen LogP contribution in [0.1, 0.15) is 5.56 Å². The molecule has 2 aliphatic rings. The minimum absolute atomic E-state index is 0.136. The predicted molar refractivity (Wildman–Crippen MR) is 85.9 cm³/mol. The number of benzene rings is 1. The average molecular weight is 371 g/mol. The lowest BCUT2D eigenvalue weighted by Crippen LogP contribution is -2.54. The van der Waals surface area contributed by atoms with Crippen molar-refractivity contribution in [3.05, 3.63) is 35.6 Å². The molecule has 2 aliphatic heterocycles. The highest BCUT2D eigenvalue weighted by atomic mass is 79.9. The van der Waals surface area contributed by atoms with Crippen molar-refractivity contribution in [3.8, 4) is 0 Å². The van der Waals surface area contributed by atoms with Crippen LogP contribution in [0.15, 0.2) is 24.3 Å². The van der Waals surface area contributed by atoms with Gasteiger partial charge < -0.3 is 4.90 Å². The van der Waals surface area contributed by atoms with E-state index >= 15 is 0 Å². The average Bonchev–Trinajstić information content (AvgIpc) is 2.96. The van der Waals surface area contributed by atoms with E-state index in [0.717, 1.165) is 44.8 Å². The van der Waals surface area contributed by atoms with Gasteiger partial charge in [-0.1, -0.05) is 28.1 Å². The molecule has 2 fully saturated rings. The maximum atomic E-state index is 12.9. The molecule has 2 atom stereocenters. The number of alkyl halides is 1. The van der Waals surface area contributed by atoms with E-state index in [-0.39, 0.29) is 22.6 Å². The van der Waals surface area contributed by atoms with Crippen molar-refractivity contribution in [2.24, 2.45) is 0 Å². The van der Waals surface area contributed by atoms with Crippen molar-refractivity contribution in [2.75, 3.05) is 32.7 Å². The highest BCUT2D eigenvalue weighted by Gasteiger charge is 2.34. The van der Waals surface area contributed by atoms with Crippen molar-refractivity contribution < 1.29 is 9.18 Å². The molecular weight excluding hydrogens is 351 g/mol. The summed E-state index contributed by atoms with van der Waals surface area (Å²) >= 11 is 3.52. The summed E-state index contributed by atoms with van der Waals surface area (Å²) in [5.41, 5.74) is 7.13. The summed E-state index contributed by atoms with van der Waals surface area (Å²) in [6, 6.07) is 6.42. The molecule has 1 amide bonds. The number of nitrogens with zero attached hydrogens (tertiary/aromatic N) is 2. The van der Waals surface area contributed by atoms with Gasteiger partial charge in [-0.2, -0.15) is 0 Å². The molecule has 2 heterocycles. The molecular formula is C15H20BrFN4O. The Hall–Kier alpha value is -1.02. The van der Waals surface area contributed by atoms with E-state index in [1.54, 1.807) is 0 Å². The number of carbonyl (C=O) groups excluding carboxylic acids is 1. The molecule has 2 unspecified atom stereocenters. The Morgan fingerprint density at radius 3 is 2.50 bits per heavy atom. The van der Waals surface area contributed by atoms with Gasteiger partial charge in [0.05, 0.1) is 4.83 Å². The number of nitrogens with one attached hydrogen (secondary N) is 2. The zero-order valence-electron chi connectivity index (χ0n) is 12.3. The minimum Gasteiger partial charge on any atom is -0.339 e. The van der Waals surface area contributed by atoms with Crippen LogP contribution < -0.4 is 10.9 Å². The van der Waals surface area contributed by atoms with Gasteiger partial charge in [0.1, 0.15) is 11.9 Å². The van der Waals surface area contributed by atoms with E-state index in [4.69, 9.17) is 0 Å². The summed E-state index contributed by atoms with van der Waals surface area (Å²) < 4.78 is 12.9. The van der Waals surface area contributed by atoms with Gasteiger partial charge in [-0.15, -0.1) is 0 Å². The number of rotatable bonds is 3. The molecule has 7 heteroatoms. The minimum atomic E-state index is -0.207. The van der Waals surface area contributed by atoms with Crippen LogP contribution in [0.2, 0.25) is 0 Å². The monoisotopic (exact) mass is 370 g/mol. The highest BCUT2D eigenvalue weighted by Crippen LogP contribution is 2.14. The van der Waals surface area contributed by atoms with Crippen molar-refractivity contribution in [1.29, 1.82) is 0 Å². The fourth-order valence-electron chi connectivity index (χ4n) is 2.86. The Labute approximate surface area is 137 Å². The molecule has 5 nitrogen and oxygen atoms in total. The van der Waals surface area contributed by atoms with Crippen LogP contribution in [-0.2, 0) is 11.3 Å². The summed E-state index contributed by atoms with van der Waals surface area (Å²) in [5.74, 6) is -0.0607. The number of amides is 1. The van der Waals surface area contributed by atoms with Gasteiger partial charge in [0.2, 0.25) is 5.91 Å². The molecule has 22 heavy (non-hydrogen) atoms. The molecule has 2 N–H and O–H groups in total. The zero-order chi connectivity index (χ0) is 15.5. The normalized spacial score (nSPS) is 26.4. The number of hydrazine groups is 1. The molecule has 3 rings (SSSR count). The Balaban J connectivity index is 1.49. The second-order valence-electron chi connectivity index (χ2n) is 5.75. The first-order valence-electron chi connectivity index (χ1n) is 7.51. The first-order valence-corrected chi connectivity index (χ1v) is 8.43. The van der Waals surface area contributed by atoms with Crippen molar-refractivity contribution in [2.45, 2.75) is 17.4 Å². The molecule has 0 bridgehead atoms. The van der Waals surface area contributed by atoms with E-state index in [2.05, 4.69) is 31.7 Å². The van der Waals surface area contributed by atoms with Crippen molar-refractivity contribution >= 4 is 21.8 Å². The third kappa shape index (κ3) is 3.65. The van der Waals surface area contributed by atoms with Crippen LogP contribution in [0.5, 0.6) is 0 Å². The third-order valence-electron chi connectivity index (χ3n) is 4.19. The van der Waals surface area contributed by atoms with Gasteiger partial charge >= 0.3 is 0 Å². The van der Waals surface area contributed by atoms with Crippen LogP contribution >= 0.6 is 15.9 Å². The van der Waals surface area contributed by atoms with Crippen molar-refractivity contribution in [3.63, 3.8) is 0 Å². The van der Waals surface area contributed by atoms with Crippen LogP contribution in [0.3, 0.4) is 0 Å². The van der Waals surface area contributed by atoms with E-state index < -0.39 is 0 Å². The molecule has 0 radical (unpaired) electrons. The first-order chi connectivity index (χ1) is 10.6. The topological polar surface area (TPSA) is 47.6 Å². The molecule has 0 aromatic heterocycles. The van der Waals surface area contributed by atoms with E-state index in [1.165, 1.54) is 12.1 Å². The molecule has 2 saturated heterocycles. The smallest absolute Gasteiger partial charge is 0.242 e. The fraction of sp³-hybridized carbons (Fsp3) is 0.533. The van der Waals surface area contributed by atoms with Crippen LogP contribution in [0.4, 0.5) is 4.39 Å². The first kappa shape index (κ1) is 15.9. The van der Waals surface area contributed by atoms with Crippen LogP contribution in [0.25, 0.3) is 0 Å². The number of halogens is 2. The Morgan fingerprint density at radius 1 is 1.23 bits per heavy atom. The third-order valence-corrected chi connectivity index (χ3v) is 5.04. The van der Waals surface area contributed by atoms with E-state index in [9.17, 15) is 9.18 Å². The summed E-state index contributed by atoms with van der Waals surface area (Å²) in [5, 5.41) is 0. The summed E-state index contributed by atoms with van der Waals surface area (Å²) in [6.45, 7) is 4.70. The van der Waals surface area contributed by atoms with Gasteiger partial charge in [-0.3, -0.25) is 15.1 Å². The molecule has 0 saturated carbocycles. The van der Waals surface area contributed by atoms with E-state index in [1.807, 2.05) is 17.0 Å². The molecule has 0 spiro atoms. The summed E-state index contributed by atoms with van der Waals surface area (Å²) in [6.07, 6.45) is 0. The van der Waals surface area contributed by atoms with Gasteiger partial charge in [0.15, 0.2) is 0 Å². The summed E-state index contributed by atoms with van der Waals surface area (Å²) in [4.78, 5) is 16.8. The Bertz CT molecular complexity index is 519. The zero-order valence-corrected chi connectivity index (χ0v) is 13.9. The molecule has 1 aromatic carbocycles. The molecule has 0 aliphatic carbocycles. The van der Waals surface area contributed by atoms with Gasteiger partial charge in [-0.05, 0) is 17.7 Å². The van der Waals surface area contributed by atoms with Crippen molar-refractivity contribution in [1.82, 2.24) is 20.7 Å². The van der Waals surface area contributed by atoms with Gasteiger partial charge in [-0.25, -0.2) is 9.82 Å². The highest BCUT2D eigenvalue weighted by molar-refractivity contribution is 9.09. The predicted octanol–water partition coefficient (Wildman–Crippen LogP) is 0.710. The maximum Gasteiger partial charge on any atom is 0.242 e. The Kier molecular flexibility index (Phi) is 5.07. The lowest BCUT2D eigenvalue weighted by molar-refractivity contribution is -0.134. The van der Waals surface area contributed by atoms with E-state index in [0.29, 0.717) is 0 Å². The lowest BCUT2D eigenvalue weighted by atomic mass is 10.1. The van der Waals surface area contributed by atoms with Crippen LogP contribution in [-0.4, -0.2) is 59.3 Å². The van der Waals surface area contributed by atoms with Crippen LogP contribution in [0, 0.1) is 5.82 Å². The second kappa shape index (κ2) is 7.04. The standard InChI is InChI=1S/C15H20BrFN4O/c16-13-9-18-19-14(13)15(22)21-7-5-20(6-8-21)10-11-1-3-12(17)4-2-11/h1-4,13-14,18-19H,5-10H2. The maximum absolute atomic E-state index is 12.9. The SMILES string of the molecule is O=C(C1NNCC1Br)N1CCN(Cc2ccc(F)cc2)CC1. The number of carbonyl (C=O) groups is 1. The second-order valence-corrected chi connectivity index (χ2v) is 6.92. The fourth-order valence-corrected chi connectivity index (χ4v) is 3.38. The molecule has 120 valence electrons. The largest absolute Gasteiger partial charge is 0.339 e. The van der Waals surface area contributed by atoms with Gasteiger partial charge in [0, 0.05) is 39.3 Å². The number of piperazine rings is 1. The van der Waals surface area contributed by atoms with Gasteiger partial charge in [0.25, 0.3) is 0 Å². The lowest BCUT2D eigenvalue weighted by Gasteiger charge is -2.36. The molecule has 1 aromatic rings.